The molecule has 1 aliphatic heterocycles. The van der Waals surface area contributed by atoms with Gasteiger partial charge in [0.05, 0.1) is 6.42 Å². The lowest BCUT2D eigenvalue weighted by Crippen LogP contribution is -2.49. The van der Waals surface area contributed by atoms with E-state index in [2.05, 4.69) is 58.2 Å². The van der Waals surface area contributed by atoms with Crippen molar-refractivity contribution in [3.63, 3.8) is 0 Å². The van der Waals surface area contributed by atoms with Crippen LogP contribution in [0.2, 0.25) is 0 Å². The maximum atomic E-state index is 12.9. The molecule has 2 aromatic carbocycles. The Hall–Kier alpha value is -2.90. The topological polar surface area (TPSA) is 69.3 Å². The highest BCUT2D eigenvalue weighted by atomic mass is 32.2. The molecule has 0 spiro atoms. The second-order valence-electron chi connectivity index (χ2n) is 8.43. The predicted molar refractivity (Wildman–Crippen MR) is 132 cm³/mol. The molecule has 1 saturated heterocycles. The van der Waals surface area contributed by atoms with Gasteiger partial charge in [-0.15, -0.1) is 0 Å². The summed E-state index contributed by atoms with van der Waals surface area (Å²) in [6.45, 7) is 7.82. The third-order valence-electron chi connectivity index (χ3n) is 6.06. The van der Waals surface area contributed by atoms with Gasteiger partial charge in [0, 0.05) is 49.2 Å². The van der Waals surface area contributed by atoms with Crippen molar-refractivity contribution in [1.29, 1.82) is 0 Å². The maximum absolute atomic E-state index is 12.9. The predicted octanol–water partition coefficient (Wildman–Crippen LogP) is 3.82. The molecular formula is C26H30N4O2S. The van der Waals surface area contributed by atoms with Crippen LogP contribution >= 0.6 is 11.8 Å². The summed E-state index contributed by atoms with van der Waals surface area (Å²) in [5, 5.41) is 0.744. The van der Waals surface area contributed by atoms with Gasteiger partial charge in [-0.1, -0.05) is 72.4 Å². The number of thioether (sulfide) groups is 1. The summed E-state index contributed by atoms with van der Waals surface area (Å²) >= 11 is 1.51. The van der Waals surface area contributed by atoms with Crippen LogP contribution in [0.4, 0.5) is 0 Å². The van der Waals surface area contributed by atoms with Gasteiger partial charge in [0.1, 0.15) is 0 Å². The molecular weight excluding hydrogens is 432 g/mol. The minimum atomic E-state index is -0.221. The molecule has 2 heterocycles. The second kappa shape index (κ2) is 10.8. The number of nitrogens with one attached hydrogen (secondary N) is 1. The molecule has 0 aliphatic carbocycles. The second-order valence-corrected chi connectivity index (χ2v) is 9.75. The largest absolute Gasteiger partial charge is 0.340 e. The summed E-state index contributed by atoms with van der Waals surface area (Å²) in [6.07, 6.45) is 0.0893. The molecule has 1 atom stereocenters. The quantitative estimate of drug-likeness (QED) is 0.427. The van der Waals surface area contributed by atoms with Gasteiger partial charge in [-0.2, -0.15) is 0 Å². The van der Waals surface area contributed by atoms with Crippen LogP contribution in [-0.2, 0) is 17.8 Å². The van der Waals surface area contributed by atoms with E-state index in [4.69, 9.17) is 0 Å². The number of amides is 1. The smallest absolute Gasteiger partial charge is 0.255 e. The number of hydrogen-bond donors (Lipinski definition) is 1. The van der Waals surface area contributed by atoms with Crippen LogP contribution < -0.4 is 5.56 Å². The van der Waals surface area contributed by atoms with Crippen molar-refractivity contribution in [3.05, 3.63) is 93.4 Å². The van der Waals surface area contributed by atoms with Crippen molar-refractivity contribution < 1.29 is 4.79 Å². The zero-order valence-electron chi connectivity index (χ0n) is 19.2. The van der Waals surface area contributed by atoms with E-state index in [-0.39, 0.29) is 23.1 Å². The van der Waals surface area contributed by atoms with Crippen molar-refractivity contribution in [2.45, 2.75) is 37.2 Å². The number of nitrogens with zero attached hydrogens (tertiary/aromatic N) is 3. The zero-order chi connectivity index (χ0) is 23.2. The van der Waals surface area contributed by atoms with Gasteiger partial charge in [0.15, 0.2) is 5.16 Å². The molecule has 1 aliphatic rings. The highest BCUT2D eigenvalue weighted by Crippen LogP contribution is 2.32. The molecule has 3 aromatic rings. The molecule has 1 amide bonds. The molecule has 6 nitrogen and oxygen atoms in total. The molecule has 1 fully saturated rings. The van der Waals surface area contributed by atoms with Crippen LogP contribution in [0.5, 0.6) is 0 Å². The average Bonchev–Trinajstić information content (AvgIpc) is 2.83. The highest BCUT2D eigenvalue weighted by Gasteiger charge is 2.23. The van der Waals surface area contributed by atoms with Crippen molar-refractivity contribution >= 4 is 17.7 Å². The lowest BCUT2D eigenvalue weighted by molar-refractivity contribution is -0.132. The Bertz CT molecular complexity index is 1130. The fraction of sp³-hybridized carbons (Fsp3) is 0.346. The van der Waals surface area contributed by atoms with E-state index in [1.54, 1.807) is 0 Å². The minimum absolute atomic E-state index is 0.0113. The number of hydrogen-bond acceptors (Lipinski definition) is 5. The normalized spacial score (nSPS) is 15.4. The lowest BCUT2D eigenvalue weighted by atomic mass is 10.1. The Balaban J connectivity index is 1.34. The number of carbonyl (C=O) groups excluding carboxylic acids is 1. The number of benzene rings is 2. The average molecular weight is 463 g/mol. The summed E-state index contributed by atoms with van der Waals surface area (Å²) in [7, 11) is 0. The Kier molecular flexibility index (Phi) is 7.62. The molecule has 4 rings (SSSR count). The Morgan fingerprint density at radius 1 is 1.03 bits per heavy atom. The molecule has 1 aromatic heterocycles. The molecule has 0 bridgehead atoms. The monoisotopic (exact) mass is 462 g/mol. The fourth-order valence-electron chi connectivity index (χ4n) is 4.07. The fourth-order valence-corrected chi connectivity index (χ4v) is 5.04. The summed E-state index contributed by atoms with van der Waals surface area (Å²) in [5.74, 6) is -0.0113. The number of aryl methyl sites for hydroxylation is 1. The summed E-state index contributed by atoms with van der Waals surface area (Å²) < 4.78 is 0. The van der Waals surface area contributed by atoms with Crippen LogP contribution in [0.15, 0.2) is 70.6 Å². The molecule has 1 N–H and O–H groups in total. The molecule has 7 heteroatoms. The number of aromatic amines is 1. The van der Waals surface area contributed by atoms with E-state index in [9.17, 15) is 9.59 Å². The first-order valence-corrected chi connectivity index (χ1v) is 12.2. The van der Waals surface area contributed by atoms with Crippen molar-refractivity contribution in [2.24, 2.45) is 0 Å². The highest BCUT2D eigenvalue weighted by molar-refractivity contribution is 7.99. The van der Waals surface area contributed by atoms with E-state index >= 15 is 0 Å². The van der Waals surface area contributed by atoms with Gasteiger partial charge in [0.25, 0.3) is 5.56 Å². The van der Waals surface area contributed by atoms with Crippen LogP contribution in [0.1, 0.15) is 34.6 Å². The Morgan fingerprint density at radius 2 is 1.67 bits per heavy atom. The van der Waals surface area contributed by atoms with Crippen molar-refractivity contribution in [2.75, 3.05) is 26.2 Å². The number of carbonyl (C=O) groups is 1. The van der Waals surface area contributed by atoms with Crippen molar-refractivity contribution in [1.82, 2.24) is 19.8 Å². The number of H-pyrrole nitrogens is 1. The van der Waals surface area contributed by atoms with Gasteiger partial charge < -0.3 is 9.88 Å². The van der Waals surface area contributed by atoms with Gasteiger partial charge in [-0.3, -0.25) is 14.5 Å². The molecule has 0 radical (unpaired) electrons. The van der Waals surface area contributed by atoms with Gasteiger partial charge in [-0.05, 0) is 25.0 Å². The van der Waals surface area contributed by atoms with Crippen LogP contribution in [0.3, 0.4) is 0 Å². The maximum Gasteiger partial charge on any atom is 0.255 e. The Morgan fingerprint density at radius 3 is 2.30 bits per heavy atom. The SMILES string of the molecule is Cc1nc(SC(C)c2ccccc2)[nH]c(=O)c1CC(=O)N1CCN(Cc2ccccc2)CC1. The van der Waals surface area contributed by atoms with Crippen LogP contribution in [-0.4, -0.2) is 51.9 Å². The third kappa shape index (κ3) is 6.12. The minimum Gasteiger partial charge on any atom is -0.340 e. The van der Waals surface area contributed by atoms with Crippen LogP contribution in [0, 0.1) is 6.92 Å². The molecule has 172 valence electrons. The van der Waals surface area contributed by atoms with Gasteiger partial charge >= 0.3 is 0 Å². The van der Waals surface area contributed by atoms with E-state index in [1.807, 2.05) is 36.1 Å². The lowest BCUT2D eigenvalue weighted by Gasteiger charge is -2.34. The number of rotatable bonds is 7. The standard InChI is InChI=1S/C26H30N4O2S/c1-19-23(25(32)28-26(27-19)33-20(2)22-11-7-4-8-12-22)17-24(31)30-15-13-29(14-16-30)18-21-9-5-3-6-10-21/h3-12,20H,13-18H2,1-2H3,(H,27,28,32). The van der Waals surface area contributed by atoms with Crippen LogP contribution in [0.25, 0.3) is 0 Å². The van der Waals surface area contributed by atoms with Gasteiger partial charge in [0.2, 0.25) is 5.91 Å². The number of piperazine rings is 1. The number of aromatic nitrogens is 2. The van der Waals surface area contributed by atoms with Gasteiger partial charge in [-0.25, -0.2) is 4.98 Å². The first-order valence-electron chi connectivity index (χ1n) is 11.3. The first-order chi connectivity index (χ1) is 16.0. The summed E-state index contributed by atoms with van der Waals surface area (Å²) in [4.78, 5) is 37.4. The molecule has 1 unspecified atom stereocenters. The molecule has 0 saturated carbocycles. The van der Waals surface area contributed by atoms with E-state index in [0.29, 0.717) is 29.5 Å². The van der Waals surface area contributed by atoms with E-state index < -0.39 is 0 Å². The van der Waals surface area contributed by atoms with E-state index in [0.717, 1.165) is 19.6 Å². The van der Waals surface area contributed by atoms with E-state index in [1.165, 1.54) is 22.9 Å². The Labute approximate surface area is 199 Å². The summed E-state index contributed by atoms with van der Waals surface area (Å²) in [6, 6.07) is 20.5. The zero-order valence-corrected chi connectivity index (χ0v) is 20.0. The third-order valence-corrected chi connectivity index (χ3v) is 7.10. The molecule has 33 heavy (non-hydrogen) atoms. The van der Waals surface area contributed by atoms with Crippen molar-refractivity contribution in [3.8, 4) is 0 Å². The first kappa shape index (κ1) is 23.3. The summed E-state index contributed by atoms with van der Waals surface area (Å²) in [5.41, 5.74) is 3.32.